The minimum Gasteiger partial charge on any atom is -0.493 e. The number of nitrogens with zero attached hydrogens (tertiary/aromatic N) is 3. The maximum absolute atomic E-state index is 12.7. The van der Waals surface area contributed by atoms with Crippen LogP contribution >= 0.6 is 11.5 Å². The summed E-state index contributed by atoms with van der Waals surface area (Å²) in [6.45, 7) is 1.60. The summed E-state index contributed by atoms with van der Waals surface area (Å²) in [5.74, 6) is 0.644. The van der Waals surface area contributed by atoms with Crippen LogP contribution in [0.5, 0.6) is 5.75 Å². The molecular weight excluding hydrogens is 420 g/mol. The molecule has 1 saturated heterocycles. The Balaban J connectivity index is 1.44. The van der Waals surface area contributed by atoms with Gasteiger partial charge in [-0.15, -0.1) is 0 Å². The summed E-state index contributed by atoms with van der Waals surface area (Å²) in [7, 11) is -3.74. The van der Waals surface area contributed by atoms with Crippen molar-refractivity contribution in [1.29, 1.82) is 0 Å². The predicted octanol–water partition coefficient (Wildman–Crippen LogP) is 4.00. The molecule has 3 aromatic rings. The first kappa shape index (κ1) is 19.5. The molecule has 0 aliphatic carbocycles. The van der Waals surface area contributed by atoms with E-state index in [9.17, 15) is 8.42 Å². The number of hydrogen-bond donors (Lipinski definition) is 1. The molecule has 2 aliphatic heterocycles. The lowest BCUT2D eigenvalue weighted by Gasteiger charge is -2.37. The van der Waals surface area contributed by atoms with E-state index in [4.69, 9.17) is 4.74 Å². The minimum atomic E-state index is -3.74. The van der Waals surface area contributed by atoms with E-state index in [1.54, 1.807) is 12.1 Å². The number of rotatable bonds is 5. The third-order valence-corrected chi connectivity index (χ3v) is 7.81. The zero-order chi connectivity index (χ0) is 20.6. The van der Waals surface area contributed by atoms with Gasteiger partial charge in [-0.3, -0.25) is 9.62 Å². The second-order valence-corrected chi connectivity index (χ2v) is 9.97. The van der Waals surface area contributed by atoms with Crippen LogP contribution in [0, 0.1) is 0 Å². The van der Waals surface area contributed by atoms with Crippen LogP contribution in [0.3, 0.4) is 0 Å². The van der Waals surface area contributed by atoms with E-state index in [1.807, 2.05) is 12.1 Å². The molecule has 0 unspecified atom stereocenters. The summed E-state index contributed by atoms with van der Waals surface area (Å²) >= 11 is 0.999. The van der Waals surface area contributed by atoms with Crippen LogP contribution in [-0.2, 0) is 10.0 Å². The minimum absolute atomic E-state index is 0.165. The van der Waals surface area contributed by atoms with Crippen molar-refractivity contribution in [1.82, 2.24) is 14.3 Å². The molecule has 0 saturated carbocycles. The Morgan fingerprint density at radius 2 is 1.97 bits per heavy atom. The van der Waals surface area contributed by atoms with Gasteiger partial charge in [0.05, 0.1) is 11.5 Å². The quantitative estimate of drug-likeness (QED) is 0.643. The van der Waals surface area contributed by atoms with Gasteiger partial charge in [-0.05, 0) is 31.0 Å². The van der Waals surface area contributed by atoms with Gasteiger partial charge in [-0.25, -0.2) is 13.4 Å². The average Bonchev–Trinajstić information content (AvgIpc) is 3.45. The number of benzene rings is 2. The van der Waals surface area contributed by atoms with E-state index in [1.165, 1.54) is 11.9 Å². The van der Waals surface area contributed by atoms with Crippen LogP contribution in [0.15, 0.2) is 59.8 Å². The van der Waals surface area contributed by atoms with Crippen LogP contribution < -0.4 is 9.46 Å². The molecule has 0 spiro atoms. The first-order chi connectivity index (χ1) is 14.6. The fourth-order valence-electron chi connectivity index (χ4n) is 4.45. The summed E-state index contributed by atoms with van der Waals surface area (Å²) in [4.78, 5) is 6.61. The Morgan fingerprint density at radius 1 is 1.10 bits per heavy atom. The molecule has 0 amide bonds. The van der Waals surface area contributed by atoms with Crippen LogP contribution in [-0.4, -0.2) is 35.8 Å². The van der Waals surface area contributed by atoms with E-state index >= 15 is 0 Å². The zero-order valence-electron chi connectivity index (χ0n) is 16.3. The summed E-state index contributed by atoms with van der Waals surface area (Å²) in [6.07, 6.45) is 4.51. The maximum atomic E-state index is 12.7. The average molecular weight is 443 g/mol. The summed E-state index contributed by atoms with van der Waals surface area (Å²) < 4.78 is 37.6. The van der Waals surface area contributed by atoms with Gasteiger partial charge in [0, 0.05) is 41.7 Å². The second kappa shape index (κ2) is 7.98. The summed E-state index contributed by atoms with van der Waals surface area (Å²) in [5.41, 5.74) is 2.39. The SMILES string of the molecule is O=S(=O)(Nc1ncns1)c1ccc2c(c1)OCC[C@H]2N1CCC[C@H]1c1ccccc1. The lowest BCUT2D eigenvalue weighted by Crippen LogP contribution is -2.32. The maximum Gasteiger partial charge on any atom is 0.263 e. The van der Waals surface area contributed by atoms with Crippen LogP contribution in [0.4, 0.5) is 5.13 Å². The Morgan fingerprint density at radius 3 is 2.77 bits per heavy atom. The topological polar surface area (TPSA) is 84.4 Å². The molecule has 2 atom stereocenters. The Bertz CT molecular complexity index is 1120. The van der Waals surface area contributed by atoms with Crippen molar-refractivity contribution in [2.24, 2.45) is 0 Å². The second-order valence-electron chi connectivity index (χ2n) is 7.51. The fraction of sp³-hybridized carbons (Fsp3) is 0.333. The summed E-state index contributed by atoms with van der Waals surface area (Å²) in [6, 6.07) is 16.4. The molecule has 1 N–H and O–H groups in total. The monoisotopic (exact) mass is 442 g/mol. The lowest BCUT2D eigenvalue weighted by atomic mass is 9.96. The van der Waals surface area contributed by atoms with Crippen LogP contribution in [0.2, 0.25) is 0 Å². The van der Waals surface area contributed by atoms with Gasteiger partial charge in [0.15, 0.2) is 0 Å². The van der Waals surface area contributed by atoms with Crippen molar-refractivity contribution in [3.05, 3.63) is 66.0 Å². The number of aromatic nitrogens is 2. The number of anilines is 1. The molecule has 3 heterocycles. The number of nitrogens with one attached hydrogen (secondary N) is 1. The Labute approximate surface area is 179 Å². The van der Waals surface area contributed by atoms with E-state index in [0.717, 1.165) is 42.9 Å². The molecule has 156 valence electrons. The Hall–Kier alpha value is -2.49. The highest BCUT2D eigenvalue weighted by atomic mass is 32.2. The molecule has 30 heavy (non-hydrogen) atoms. The van der Waals surface area contributed by atoms with Crippen LogP contribution in [0.1, 0.15) is 42.5 Å². The highest BCUT2D eigenvalue weighted by Gasteiger charge is 2.36. The third-order valence-electron chi connectivity index (χ3n) is 5.77. The highest BCUT2D eigenvalue weighted by molar-refractivity contribution is 7.93. The number of likely N-dealkylation sites (tertiary alicyclic amines) is 1. The van der Waals surface area contributed by atoms with Gasteiger partial charge in [0.2, 0.25) is 5.13 Å². The number of fused-ring (bicyclic) bond motifs is 1. The van der Waals surface area contributed by atoms with Gasteiger partial charge in [0.25, 0.3) is 10.0 Å². The third kappa shape index (κ3) is 3.68. The molecular formula is C21H22N4O3S2. The van der Waals surface area contributed by atoms with Gasteiger partial charge in [-0.1, -0.05) is 36.4 Å². The molecule has 7 nitrogen and oxygen atoms in total. The molecule has 2 aromatic carbocycles. The van der Waals surface area contributed by atoms with Gasteiger partial charge in [0.1, 0.15) is 12.1 Å². The van der Waals surface area contributed by atoms with Crippen molar-refractivity contribution in [2.45, 2.75) is 36.2 Å². The molecule has 5 rings (SSSR count). The van der Waals surface area contributed by atoms with Crippen molar-refractivity contribution >= 4 is 26.7 Å². The summed E-state index contributed by atoms with van der Waals surface area (Å²) in [5, 5.41) is 0.245. The molecule has 0 radical (unpaired) electrons. The normalized spacial score (nSPS) is 21.7. The fourth-order valence-corrected chi connectivity index (χ4v) is 6.13. The van der Waals surface area contributed by atoms with Gasteiger partial charge < -0.3 is 4.74 Å². The Kier molecular flexibility index (Phi) is 5.18. The number of hydrogen-bond acceptors (Lipinski definition) is 7. The smallest absolute Gasteiger partial charge is 0.263 e. The molecule has 1 fully saturated rings. The predicted molar refractivity (Wildman–Crippen MR) is 115 cm³/mol. The molecule has 0 bridgehead atoms. The highest BCUT2D eigenvalue weighted by Crippen LogP contribution is 2.44. The largest absolute Gasteiger partial charge is 0.493 e. The van der Waals surface area contributed by atoms with E-state index < -0.39 is 10.0 Å². The molecule has 2 aliphatic rings. The van der Waals surface area contributed by atoms with Crippen molar-refractivity contribution in [2.75, 3.05) is 17.9 Å². The van der Waals surface area contributed by atoms with E-state index in [0.29, 0.717) is 18.4 Å². The molecule has 1 aromatic heterocycles. The first-order valence-corrected chi connectivity index (χ1v) is 12.2. The zero-order valence-corrected chi connectivity index (χ0v) is 17.9. The van der Waals surface area contributed by atoms with Crippen molar-refractivity contribution < 1.29 is 13.2 Å². The van der Waals surface area contributed by atoms with Gasteiger partial charge >= 0.3 is 0 Å². The standard InChI is InChI=1S/C21H22N4O3S2/c26-30(27,24-21-22-14-23-29-21)16-8-9-17-19(10-12-28-20(17)13-16)25-11-4-7-18(25)15-5-2-1-3-6-15/h1-3,5-6,8-9,13-14,18-19H,4,7,10-12H2,(H,22,23,24)/t18-,19+/m0/s1. The first-order valence-electron chi connectivity index (χ1n) is 9.99. The number of sulfonamides is 1. The molecule has 9 heteroatoms. The van der Waals surface area contributed by atoms with Crippen LogP contribution in [0.25, 0.3) is 0 Å². The van der Waals surface area contributed by atoms with Gasteiger partial charge in [-0.2, -0.15) is 4.37 Å². The van der Waals surface area contributed by atoms with Crippen molar-refractivity contribution in [3.63, 3.8) is 0 Å². The lowest BCUT2D eigenvalue weighted by molar-refractivity contribution is 0.128. The van der Waals surface area contributed by atoms with E-state index in [-0.39, 0.29) is 16.1 Å². The van der Waals surface area contributed by atoms with E-state index in [2.05, 4.69) is 43.2 Å². The van der Waals surface area contributed by atoms with Crippen molar-refractivity contribution in [3.8, 4) is 5.75 Å². The number of ether oxygens (including phenoxy) is 1.